The average Bonchev–Trinajstić information content (AvgIpc) is 2.36. The molecular formula is C14H27N3O3. The average molecular weight is 285 g/mol. The minimum Gasteiger partial charge on any atom is -0.481 e. The van der Waals surface area contributed by atoms with E-state index < -0.39 is 11.9 Å². The molecule has 0 bridgehead atoms. The topological polar surface area (TPSA) is 81.7 Å². The Balaban J connectivity index is 2.38. The highest BCUT2D eigenvalue weighted by Gasteiger charge is 2.31. The van der Waals surface area contributed by atoms with Gasteiger partial charge in [-0.3, -0.25) is 4.79 Å². The molecule has 0 radical (unpaired) electrons. The minimum absolute atomic E-state index is 0.0734. The Morgan fingerprint density at radius 1 is 1.30 bits per heavy atom. The smallest absolute Gasteiger partial charge is 0.315 e. The standard InChI is InChI=1S/C14H27N3O3/c1-10(8-9-17(2)3)15-14(20)16-12-7-5-4-6-11(12)13(18)19/h10-12H,4-9H2,1-3H3,(H,18,19)(H2,15,16,20). The van der Waals surface area contributed by atoms with E-state index in [1.165, 1.54) is 0 Å². The third kappa shape index (κ3) is 5.77. The summed E-state index contributed by atoms with van der Waals surface area (Å²) in [4.78, 5) is 25.1. The summed E-state index contributed by atoms with van der Waals surface area (Å²) in [7, 11) is 3.98. The molecule has 1 saturated carbocycles. The predicted octanol–water partition coefficient (Wildman–Crippen LogP) is 1.27. The third-order valence-corrected chi connectivity index (χ3v) is 3.79. The van der Waals surface area contributed by atoms with E-state index in [0.29, 0.717) is 6.42 Å². The molecule has 0 saturated heterocycles. The van der Waals surface area contributed by atoms with Gasteiger partial charge in [-0.25, -0.2) is 4.79 Å². The van der Waals surface area contributed by atoms with E-state index in [2.05, 4.69) is 15.5 Å². The van der Waals surface area contributed by atoms with Crippen molar-refractivity contribution in [3.8, 4) is 0 Å². The van der Waals surface area contributed by atoms with Crippen molar-refractivity contribution in [2.45, 2.75) is 51.1 Å². The quantitative estimate of drug-likeness (QED) is 0.686. The molecule has 0 spiro atoms. The van der Waals surface area contributed by atoms with Crippen molar-refractivity contribution in [3.63, 3.8) is 0 Å². The van der Waals surface area contributed by atoms with Crippen molar-refractivity contribution in [1.29, 1.82) is 0 Å². The zero-order valence-corrected chi connectivity index (χ0v) is 12.7. The van der Waals surface area contributed by atoms with Crippen molar-refractivity contribution in [1.82, 2.24) is 15.5 Å². The van der Waals surface area contributed by atoms with Crippen molar-refractivity contribution in [2.75, 3.05) is 20.6 Å². The molecule has 116 valence electrons. The number of nitrogens with zero attached hydrogens (tertiary/aromatic N) is 1. The van der Waals surface area contributed by atoms with Crippen LogP contribution >= 0.6 is 0 Å². The van der Waals surface area contributed by atoms with Gasteiger partial charge < -0.3 is 20.6 Å². The molecule has 3 atom stereocenters. The predicted molar refractivity (Wildman–Crippen MR) is 77.7 cm³/mol. The fourth-order valence-electron chi connectivity index (χ4n) is 2.56. The van der Waals surface area contributed by atoms with Gasteiger partial charge in [-0.05, 0) is 46.8 Å². The number of carboxylic acids is 1. The maximum Gasteiger partial charge on any atom is 0.315 e. The number of hydrogen-bond acceptors (Lipinski definition) is 3. The summed E-state index contributed by atoms with van der Waals surface area (Å²) >= 11 is 0. The molecule has 1 rings (SSSR count). The van der Waals surface area contributed by atoms with Crippen molar-refractivity contribution in [3.05, 3.63) is 0 Å². The zero-order valence-electron chi connectivity index (χ0n) is 12.7. The Morgan fingerprint density at radius 2 is 1.95 bits per heavy atom. The van der Waals surface area contributed by atoms with Gasteiger partial charge in [-0.1, -0.05) is 12.8 Å². The molecule has 0 aromatic carbocycles. The largest absolute Gasteiger partial charge is 0.481 e. The lowest BCUT2D eigenvalue weighted by molar-refractivity contribution is -0.143. The fourth-order valence-corrected chi connectivity index (χ4v) is 2.56. The first kappa shape index (κ1) is 16.8. The molecule has 2 amide bonds. The Morgan fingerprint density at radius 3 is 2.55 bits per heavy atom. The highest BCUT2D eigenvalue weighted by Crippen LogP contribution is 2.24. The molecule has 1 fully saturated rings. The molecule has 20 heavy (non-hydrogen) atoms. The van der Waals surface area contributed by atoms with Gasteiger partial charge in [0.05, 0.1) is 5.92 Å². The Labute approximate surface area is 120 Å². The van der Waals surface area contributed by atoms with Gasteiger partial charge in [0.15, 0.2) is 0 Å². The number of urea groups is 1. The van der Waals surface area contributed by atoms with E-state index in [9.17, 15) is 14.7 Å². The lowest BCUT2D eigenvalue weighted by Crippen LogP contribution is -2.50. The van der Waals surface area contributed by atoms with Crippen LogP contribution in [0.15, 0.2) is 0 Å². The number of nitrogens with one attached hydrogen (secondary N) is 2. The van der Waals surface area contributed by atoms with Crippen LogP contribution in [-0.4, -0.2) is 54.7 Å². The molecular weight excluding hydrogens is 258 g/mol. The highest BCUT2D eigenvalue weighted by molar-refractivity contribution is 5.77. The zero-order chi connectivity index (χ0) is 15.1. The van der Waals surface area contributed by atoms with Gasteiger partial charge in [-0.2, -0.15) is 0 Å². The number of aliphatic carboxylic acids is 1. The van der Waals surface area contributed by atoms with Gasteiger partial charge >= 0.3 is 12.0 Å². The monoisotopic (exact) mass is 285 g/mol. The molecule has 6 heteroatoms. The molecule has 3 N–H and O–H groups in total. The summed E-state index contributed by atoms with van der Waals surface area (Å²) in [6, 6.07) is -0.430. The Bertz CT molecular complexity index is 334. The lowest BCUT2D eigenvalue weighted by Gasteiger charge is -2.29. The van der Waals surface area contributed by atoms with Crippen molar-refractivity contribution >= 4 is 12.0 Å². The second-order valence-electron chi connectivity index (χ2n) is 5.95. The Kier molecular flexibility index (Phi) is 6.78. The maximum atomic E-state index is 11.9. The van der Waals surface area contributed by atoms with Gasteiger partial charge in [0, 0.05) is 12.1 Å². The molecule has 1 aliphatic carbocycles. The number of amides is 2. The third-order valence-electron chi connectivity index (χ3n) is 3.79. The normalized spacial score (nSPS) is 24.2. The maximum absolute atomic E-state index is 11.9. The summed E-state index contributed by atoms with van der Waals surface area (Å²) in [5, 5.41) is 14.9. The van der Waals surface area contributed by atoms with E-state index in [0.717, 1.165) is 32.2 Å². The van der Waals surface area contributed by atoms with E-state index >= 15 is 0 Å². The molecule has 0 aromatic heterocycles. The van der Waals surface area contributed by atoms with Crippen molar-refractivity contribution < 1.29 is 14.7 Å². The summed E-state index contributed by atoms with van der Waals surface area (Å²) in [6.07, 6.45) is 4.17. The second kappa shape index (κ2) is 8.09. The van der Waals surface area contributed by atoms with E-state index in [1.807, 2.05) is 21.0 Å². The summed E-state index contributed by atoms with van der Waals surface area (Å²) in [6.45, 7) is 2.86. The van der Waals surface area contributed by atoms with E-state index in [-0.39, 0.29) is 18.1 Å². The first-order valence-electron chi connectivity index (χ1n) is 7.34. The van der Waals surface area contributed by atoms with Crippen LogP contribution < -0.4 is 10.6 Å². The first-order valence-corrected chi connectivity index (χ1v) is 7.34. The van der Waals surface area contributed by atoms with Crippen LogP contribution in [0.3, 0.4) is 0 Å². The van der Waals surface area contributed by atoms with Gasteiger partial charge in [-0.15, -0.1) is 0 Å². The van der Waals surface area contributed by atoms with Crippen molar-refractivity contribution in [2.24, 2.45) is 5.92 Å². The molecule has 6 nitrogen and oxygen atoms in total. The summed E-state index contributed by atoms with van der Waals surface area (Å²) in [5.74, 6) is -1.26. The number of carboxylic acid groups (broad SMARTS) is 1. The van der Waals surface area contributed by atoms with Gasteiger partial charge in [0.2, 0.25) is 0 Å². The highest BCUT2D eigenvalue weighted by atomic mass is 16.4. The molecule has 0 heterocycles. The van der Waals surface area contributed by atoms with Crippen LogP contribution in [0.5, 0.6) is 0 Å². The SMILES string of the molecule is CC(CCN(C)C)NC(=O)NC1CCCCC1C(=O)O. The Hall–Kier alpha value is -1.30. The van der Waals surface area contributed by atoms with Crippen LogP contribution in [0.4, 0.5) is 4.79 Å². The van der Waals surface area contributed by atoms with Crippen LogP contribution in [0.1, 0.15) is 39.0 Å². The fraction of sp³-hybridized carbons (Fsp3) is 0.857. The van der Waals surface area contributed by atoms with E-state index in [1.54, 1.807) is 0 Å². The lowest BCUT2D eigenvalue weighted by atomic mass is 9.84. The van der Waals surface area contributed by atoms with Crippen LogP contribution in [0.25, 0.3) is 0 Å². The number of hydrogen-bond donors (Lipinski definition) is 3. The van der Waals surface area contributed by atoms with Gasteiger partial charge in [0.25, 0.3) is 0 Å². The molecule has 0 aromatic rings. The second-order valence-corrected chi connectivity index (χ2v) is 5.95. The van der Waals surface area contributed by atoms with Crippen LogP contribution in [0.2, 0.25) is 0 Å². The number of carbonyl (C=O) groups is 2. The summed E-state index contributed by atoms with van der Waals surface area (Å²) < 4.78 is 0. The van der Waals surface area contributed by atoms with Gasteiger partial charge in [0.1, 0.15) is 0 Å². The molecule has 0 aliphatic heterocycles. The number of carbonyl (C=O) groups excluding carboxylic acids is 1. The number of rotatable bonds is 6. The molecule has 3 unspecified atom stereocenters. The van der Waals surface area contributed by atoms with E-state index in [4.69, 9.17) is 0 Å². The van der Waals surface area contributed by atoms with Crippen LogP contribution in [-0.2, 0) is 4.79 Å². The first-order chi connectivity index (χ1) is 9.40. The molecule has 1 aliphatic rings. The summed E-state index contributed by atoms with van der Waals surface area (Å²) in [5.41, 5.74) is 0. The van der Waals surface area contributed by atoms with Crippen LogP contribution in [0, 0.1) is 5.92 Å². The minimum atomic E-state index is -0.810.